The number of carbonyl (C=O) groups excluding carboxylic acids is 3. The van der Waals surface area contributed by atoms with Gasteiger partial charge in [-0.3, -0.25) is 0 Å². The molecule has 3 atom stereocenters. The Morgan fingerprint density at radius 2 is 1.83 bits per heavy atom. The van der Waals surface area contributed by atoms with Gasteiger partial charge in [-0.1, -0.05) is 0 Å². The van der Waals surface area contributed by atoms with Crippen molar-refractivity contribution in [2.75, 3.05) is 5.32 Å². The van der Waals surface area contributed by atoms with E-state index in [0.717, 1.165) is 39.6 Å². The van der Waals surface area contributed by atoms with Crippen LogP contribution < -0.4 is 26.5 Å². The number of pyridine rings is 1. The number of aromatic nitrogens is 5. The molecular formula is C33H30F3IN7O3-. The molecule has 1 aromatic carbocycles. The van der Waals surface area contributed by atoms with Crippen LogP contribution in [-0.2, 0) is 22.3 Å². The molecule has 7 rings (SSSR count). The average molecular weight is 757 g/mol. The zero-order valence-corrected chi connectivity index (χ0v) is 28.3. The van der Waals surface area contributed by atoms with Gasteiger partial charge >= 0.3 is 249 Å². The van der Waals surface area contributed by atoms with E-state index in [1.54, 1.807) is 33.3 Å². The molecule has 0 spiro atoms. The molecule has 2 aliphatic heterocycles. The summed E-state index contributed by atoms with van der Waals surface area (Å²) in [5.41, 5.74) is 4.55. The molecule has 2 fully saturated rings. The molecule has 2 aliphatic rings. The van der Waals surface area contributed by atoms with E-state index >= 15 is 0 Å². The number of hydrogen-bond donors (Lipinski definition) is 1. The first kappa shape index (κ1) is 31.3. The minimum absolute atomic E-state index is 0.0599. The molecular weight excluding hydrogens is 726 g/mol. The monoisotopic (exact) mass is 756 g/mol. The Kier molecular flexibility index (Phi) is 7.22. The first-order valence-electron chi connectivity index (χ1n) is 14.9. The third kappa shape index (κ3) is 5.45. The summed E-state index contributed by atoms with van der Waals surface area (Å²) in [5.74, 6) is -1.18. The van der Waals surface area contributed by atoms with Crippen LogP contribution in [0, 0.1) is 20.8 Å². The van der Waals surface area contributed by atoms with E-state index in [4.69, 9.17) is 0 Å². The molecule has 0 radical (unpaired) electrons. The molecule has 2 saturated heterocycles. The maximum absolute atomic E-state index is 14.0. The van der Waals surface area contributed by atoms with Crippen molar-refractivity contribution in [3.63, 3.8) is 0 Å². The first-order valence-corrected chi connectivity index (χ1v) is 17.2. The second-order valence-electron chi connectivity index (χ2n) is 12.4. The van der Waals surface area contributed by atoms with E-state index in [1.807, 2.05) is 45.2 Å². The molecule has 10 nitrogen and oxygen atoms in total. The number of nitrogens with one attached hydrogen (secondary N) is 1. The number of amides is 2. The van der Waals surface area contributed by atoms with Crippen LogP contribution in [0.1, 0.15) is 53.1 Å². The van der Waals surface area contributed by atoms with Gasteiger partial charge in [0.2, 0.25) is 0 Å². The Balaban J connectivity index is 1.19. The van der Waals surface area contributed by atoms with Crippen molar-refractivity contribution in [3.05, 3.63) is 77.0 Å². The van der Waals surface area contributed by atoms with Gasteiger partial charge < -0.3 is 0 Å². The van der Waals surface area contributed by atoms with Crippen LogP contribution in [0.25, 0.3) is 27.7 Å². The molecule has 47 heavy (non-hydrogen) atoms. The molecule has 4 aromatic heterocycles. The number of carbonyl (C=O) groups is 3. The van der Waals surface area contributed by atoms with Crippen molar-refractivity contribution >= 4 is 40.0 Å². The van der Waals surface area contributed by atoms with Crippen LogP contribution in [0.5, 0.6) is 0 Å². The van der Waals surface area contributed by atoms with Crippen LogP contribution in [0.4, 0.5) is 19.0 Å². The van der Waals surface area contributed by atoms with Gasteiger partial charge in [-0.2, -0.15) is 5.10 Å². The second-order valence-corrected chi connectivity index (χ2v) is 16.7. The van der Waals surface area contributed by atoms with Crippen LogP contribution in [-0.4, -0.2) is 60.2 Å². The van der Waals surface area contributed by atoms with Crippen LogP contribution in [0.3, 0.4) is 0 Å². The first-order chi connectivity index (χ1) is 22.1. The van der Waals surface area contributed by atoms with Gasteiger partial charge in [0.25, 0.3) is 0 Å². The minimum atomic E-state index is -4.66. The summed E-state index contributed by atoms with van der Waals surface area (Å²) in [6.07, 6.45) is 1.09. The molecule has 6 heterocycles. The van der Waals surface area contributed by atoms with E-state index in [0.29, 0.717) is 22.9 Å². The van der Waals surface area contributed by atoms with Crippen LogP contribution >= 0.6 is 0 Å². The molecule has 0 saturated carbocycles. The standard InChI is InChI=1S/C33H30F3IN7O3/c1-16-6-7-25(33(34,35)36)39-29(16)40-30(47)24-11-32(5)31(37-32)44(24)27(46)15-42-14-23(19(4)45)22-10-20(8-17(2)28(22)42)21-12-38-26-9-18(3)41-43(26)13-21/h6-10,12-14,24,31H,11,15H2,1-5H3,(H,39,40,47)/q-1/t24-,31-,32+/m0/s1. The number of ketones is 1. The Morgan fingerprint density at radius 3 is 2.55 bits per heavy atom. The summed E-state index contributed by atoms with van der Waals surface area (Å²) in [4.78, 5) is 50.2. The van der Waals surface area contributed by atoms with Crippen molar-refractivity contribution in [1.29, 1.82) is 0 Å². The van der Waals surface area contributed by atoms with Crippen LogP contribution in [0.2, 0.25) is 0 Å². The van der Waals surface area contributed by atoms with E-state index < -0.39 is 23.8 Å². The molecule has 1 N–H and O–H groups in total. The topological polar surface area (TPSA) is 114 Å². The van der Waals surface area contributed by atoms with Gasteiger partial charge in [-0.25, -0.2) is 0 Å². The fourth-order valence-electron chi connectivity index (χ4n) is 6.46. The third-order valence-electron chi connectivity index (χ3n) is 8.81. The fraction of sp³-hybridized carbons (Fsp3) is 0.333. The van der Waals surface area contributed by atoms with Gasteiger partial charge in [0.1, 0.15) is 0 Å². The van der Waals surface area contributed by atoms with Crippen molar-refractivity contribution in [2.45, 2.75) is 67.3 Å². The number of rotatable bonds is 6. The molecule has 0 bridgehead atoms. The van der Waals surface area contributed by atoms with E-state index in [-0.39, 0.29) is 52.7 Å². The van der Waals surface area contributed by atoms with E-state index in [2.05, 4.69) is 20.4 Å². The Hall–Kier alpha value is -4.34. The number of alkyl halides is 5. The van der Waals surface area contributed by atoms with Crippen molar-refractivity contribution in [3.8, 4) is 11.1 Å². The SMILES string of the molecule is CC(=O)c1cn(CC(=O)N2[C@H](C(=O)Nc3nc(C(F)(F)F)ccc3C)C[C@@]3(C)[I-][C@@H]23)c2c(C)cc(-c3cnc4cc(C)nn4c3)cc12. The zero-order chi connectivity index (χ0) is 33.6. The number of fused-ring (bicyclic) bond motifs is 3. The average Bonchev–Trinajstić information content (AvgIpc) is 3.26. The Bertz CT molecular complexity index is 2160. The van der Waals surface area contributed by atoms with Crippen molar-refractivity contribution in [1.82, 2.24) is 29.0 Å². The van der Waals surface area contributed by atoms with Gasteiger partial charge in [0.15, 0.2) is 5.65 Å². The summed E-state index contributed by atoms with van der Waals surface area (Å²) in [5, 5.41) is 7.72. The summed E-state index contributed by atoms with van der Waals surface area (Å²) >= 11 is -0.381. The predicted molar refractivity (Wildman–Crippen MR) is 163 cm³/mol. The summed E-state index contributed by atoms with van der Waals surface area (Å²) in [6, 6.07) is 7.06. The Labute approximate surface area is 277 Å². The molecule has 5 aromatic rings. The molecule has 2 amide bonds. The number of aryl methyl sites for hydroxylation is 3. The number of halogens is 4. The number of likely N-dealkylation sites (tertiary alicyclic amines) is 1. The van der Waals surface area contributed by atoms with Gasteiger partial charge in [0, 0.05) is 6.07 Å². The van der Waals surface area contributed by atoms with Crippen molar-refractivity contribution < 1.29 is 48.8 Å². The number of Topliss-reactive ketones (excluding diaryl/α,β-unsaturated/α-hetero) is 1. The molecule has 0 unspecified atom stereocenters. The van der Waals surface area contributed by atoms with Crippen LogP contribution in [0.15, 0.2) is 48.9 Å². The Morgan fingerprint density at radius 1 is 1.06 bits per heavy atom. The quantitative estimate of drug-likeness (QED) is 0.123. The van der Waals surface area contributed by atoms with Gasteiger partial charge in [-0.05, 0) is 6.92 Å². The third-order valence-corrected chi connectivity index (χ3v) is 13.2. The summed E-state index contributed by atoms with van der Waals surface area (Å²) in [6.45, 7) is 8.80. The fourth-order valence-corrected chi connectivity index (χ4v) is 9.85. The summed E-state index contributed by atoms with van der Waals surface area (Å²) in [7, 11) is 0. The summed E-state index contributed by atoms with van der Waals surface area (Å²) < 4.78 is 43.2. The molecule has 14 heteroatoms. The van der Waals surface area contributed by atoms with Gasteiger partial charge in [0.05, 0.1) is 5.69 Å². The number of nitrogens with zero attached hydrogens (tertiary/aromatic N) is 6. The van der Waals surface area contributed by atoms with E-state index in [1.165, 1.54) is 13.0 Å². The zero-order valence-electron chi connectivity index (χ0n) is 26.1. The molecule has 244 valence electrons. The van der Waals surface area contributed by atoms with Gasteiger partial charge in [-0.15, -0.1) is 0 Å². The number of hydrogen-bond acceptors (Lipinski definition) is 6. The number of benzene rings is 1. The van der Waals surface area contributed by atoms with E-state index in [9.17, 15) is 27.6 Å². The second kappa shape index (κ2) is 10.9. The van der Waals surface area contributed by atoms with Crippen molar-refractivity contribution in [2.24, 2.45) is 0 Å². The molecule has 0 aliphatic carbocycles. The number of anilines is 1. The predicted octanol–water partition coefficient (Wildman–Crippen LogP) is 2.32. The normalized spacial score (nSPS) is 20.7. The maximum atomic E-state index is 14.0.